The molecule has 4 rings (SSSR count). The summed E-state index contributed by atoms with van der Waals surface area (Å²) in [5.74, 6) is -2.25. The maximum absolute atomic E-state index is 12.8. The van der Waals surface area contributed by atoms with E-state index in [4.69, 9.17) is 14.5 Å². The molecule has 1 aliphatic heterocycles. The molecule has 3 aromatic rings. The smallest absolute Gasteiger partial charge is 0.336 e. The Kier molecular flexibility index (Phi) is 6.75. The number of hydrogen-bond donors (Lipinski definition) is 0. The molecule has 0 amide bonds. The quantitative estimate of drug-likeness (QED) is 0.451. The van der Waals surface area contributed by atoms with E-state index in [0.29, 0.717) is 17.0 Å². The molecule has 0 N–H and O–H groups in total. The van der Waals surface area contributed by atoms with Crippen molar-refractivity contribution < 1.29 is 19.1 Å². The van der Waals surface area contributed by atoms with Crippen molar-refractivity contribution >= 4 is 29.0 Å². The maximum Gasteiger partial charge on any atom is 0.336 e. The fraction of sp³-hybridized carbons (Fsp3) is 0.259. The summed E-state index contributed by atoms with van der Waals surface area (Å²) < 4.78 is 10.1. The van der Waals surface area contributed by atoms with Crippen LogP contribution in [0.5, 0.6) is 0 Å². The highest BCUT2D eigenvalue weighted by atomic mass is 32.1. The first-order chi connectivity index (χ1) is 16.3. The number of esters is 2. The van der Waals surface area contributed by atoms with Gasteiger partial charge in [0, 0.05) is 33.8 Å². The summed E-state index contributed by atoms with van der Waals surface area (Å²) in [5.41, 5.74) is 6.37. The van der Waals surface area contributed by atoms with Crippen LogP contribution in [0.4, 0.5) is 0 Å². The zero-order valence-electron chi connectivity index (χ0n) is 19.8. The molecule has 2 atom stereocenters. The van der Waals surface area contributed by atoms with Gasteiger partial charge in [-0.15, -0.1) is 11.3 Å². The van der Waals surface area contributed by atoms with Gasteiger partial charge < -0.3 is 9.47 Å². The summed E-state index contributed by atoms with van der Waals surface area (Å²) in [5, 5.41) is 2.89. The molecule has 1 aliphatic rings. The van der Waals surface area contributed by atoms with E-state index < -0.39 is 23.8 Å². The third-order valence-corrected chi connectivity index (χ3v) is 6.92. The van der Waals surface area contributed by atoms with E-state index >= 15 is 0 Å². The molecule has 2 aromatic carbocycles. The Labute approximate surface area is 203 Å². The van der Waals surface area contributed by atoms with Crippen LogP contribution in [0.25, 0.3) is 21.8 Å². The van der Waals surface area contributed by atoms with Crippen LogP contribution in [0.3, 0.4) is 0 Å². The van der Waals surface area contributed by atoms with Gasteiger partial charge in [0.25, 0.3) is 0 Å². The van der Waals surface area contributed by atoms with Gasteiger partial charge in [-0.3, -0.25) is 9.79 Å². The normalized spacial score (nSPS) is 17.9. The van der Waals surface area contributed by atoms with E-state index in [-0.39, 0.29) is 0 Å². The van der Waals surface area contributed by atoms with Crippen LogP contribution in [-0.2, 0) is 19.1 Å². The second kappa shape index (κ2) is 9.73. The molecule has 0 spiro atoms. The fourth-order valence-corrected chi connectivity index (χ4v) is 5.16. The van der Waals surface area contributed by atoms with E-state index in [9.17, 15) is 9.59 Å². The molecule has 0 bridgehead atoms. The van der Waals surface area contributed by atoms with Crippen LogP contribution < -0.4 is 0 Å². The molecule has 6 nitrogen and oxygen atoms in total. The second-order valence-electron chi connectivity index (χ2n) is 8.25. The molecule has 0 saturated carbocycles. The largest absolute Gasteiger partial charge is 0.468 e. The number of aromatic nitrogens is 1. The Morgan fingerprint density at radius 2 is 1.68 bits per heavy atom. The average molecular weight is 475 g/mol. The van der Waals surface area contributed by atoms with Gasteiger partial charge in [0.1, 0.15) is 10.9 Å². The lowest BCUT2D eigenvalue weighted by atomic mass is 9.75. The number of carbonyl (C=O) groups is 2. The lowest BCUT2D eigenvalue weighted by molar-refractivity contribution is -0.143. The number of carbonyl (C=O) groups excluding carboxylic acids is 2. The highest BCUT2D eigenvalue weighted by Gasteiger charge is 2.42. The van der Waals surface area contributed by atoms with Crippen molar-refractivity contribution in [1.29, 1.82) is 0 Å². The van der Waals surface area contributed by atoms with Crippen molar-refractivity contribution in [3.05, 3.63) is 76.3 Å². The van der Waals surface area contributed by atoms with Crippen LogP contribution in [0.1, 0.15) is 30.9 Å². The summed E-state index contributed by atoms with van der Waals surface area (Å²) in [7, 11) is 2.67. The molecule has 1 aromatic heterocycles. The number of nitrogens with zero attached hydrogens (tertiary/aromatic N) is 2. The number of aryl methyl sites for hydroxylation is 1. The minimum atomic E-state index is -0.725. The van der Waals surface area contributed by atoms with E-state index in [2.05, 4.69) is 36.2 Å². The lowest BCUT2D eigenvalue weighted by Gasteiger charge is -2.31. The monoisotopic (exact) mass is 474 g/mol. The second-order valence-corrected chi connectivity index (χ2v) is 9.11. The summed E-state index contributed by atoms with van der Waals surface area (Å²) in [6.07, 6.45) is 0. The molecular formula is C27H26N2O4S. The minimum Gasteiger partial charge on any atom is -0.468 e. The van der Waals surface area contributed by atoms with Gasteiger partial charge >= 0.3 is 11.9 Å². The predicted molar refractivity (Wildman–Crippen MR) is 134 cm³/mol. The van der Waals surface area contributed by atoms with E-state index in [1.54, 1.807) is 25.2 Å². The zero-order valence-corrected chi connectivity index (χ0v) is 20.6. The van der Waals surface area contributed by atoms with Crippen LogP contribution in [0.15, 0.2) is 70.2 Å². The van der Waals surface area contributed by atoms with Crippen molar-refractivity contribution in [2.75, 3.05) is 14.2 Å². The molecular weight excluding hydrogens is 448 g/mol. The van der Waals surface area contributed by atoms with Gasteiger partial charge in [-0.2, -0.15) is 0 Å². The number of benzene rings is 2. The first-order valence-corrected chi connectivity index (χ1v) is 11.8. The summed E-state index contributed by atoms with van der Waals surface area (Å²) in [6, 6.07) is 16.0. The number of hydrogen-bond acceptors (Lipinski definition) is 7. The van der Waals surface area contributed by atoms with Crippen LogP contribution in [0, 0.1) is 12.8 Å². The molecule has 0 radical (unpaired) electrons. The van der Waals surface area contributed by atoms with Crippen molar-refractivity contribution in [3.63, 3.8) is 0 Å². The fourth-order valence-electron chi connectivity index (χ4n) is 4.33. The number of methoxy groups -OCH3 is 2. The molecule has 34 heavy (non-hydrogen) atoms. The molecule has 7 heteroatoms. The summed E-state index contributed by atoms with van der Waals surface area (Å²) >= 11 is 1.55. The SMILES string of the molecule is COC(=O)C1=C(C)N=C(C)C(C(=O)OC)C1c1cccc(-c2nc(-c3ccc(C)cc3)cs2)c1. The van der Waals surface area contributed by atoms with Gasteiger partial charge in [0.15, 0.2) is 0 Å². The summed E-state index contributed by atoms with van der Waals surface area (Å²) in [6.45, 7) is 5.60. The van der Waals surface area contributed by atoms with Crippen LogP contribution >= 0.6 is 11.3 Å². The van der Waals surface area contributed by atoms with Crippen molar-refractivity contribution in [2.24, 2.45) is 10.9 Å². The van der Waals surface area contributed by atoms with Gasteiger partial charge in [-0.05, 0) is 32.4 Å². The minimum absolute atomic E-state index is 0.361. The Balaban J connectivity index is 1.78. The molecule has 2 heterocycles. The Hall–Kier alpha value is -3.58. The van der Waals surface area contributed by atoms with E-state index in [1.165, 1.54) is 19.8 Å². The Morgan fingerprint density at radius 1 is 0.941 bits per heavy atom. The first-order valence-electron chi connectivity index (χ1n) is 10.9. The molecule has 0 fully saturated rings. The van der Waals surface area contributed by atoms with Crippen LogP contribution in [-0.4, -0.2) is 36.9 Å². The standard InChI is InChI=1S/C27H26N2O4S/c1-15-9-11-18(12-10-15)21-14-34-25(29-21)20-8-6-7-19(13-20)24-22(26(30)32-4)16(2)28-17(3)23(24)27(31)33-5/h6-14,22,24H,1-5H3. The van der Waals surface area contributed by atoms with Crippen LogP contribution in [0.2, 0.25) is 0 Å². The molecule has 174 valence electrons. The molecule has 2 unspecified atom stereocenters. The van der Waals surface area contributed by atoms with Crippen molar-refractivity contribution in [3.8, 4) is 21.8 Å². The molecule has 0 saturated heterocycles. The van der Waals surface area contributed by atoms with Gasteiger partial charge in [-0.1, -0.05) is 48.0 Å². The van der Waals surface area contributed by atoms with Gasteiger partial charge in [-0.25, -0.2) is 9.78 Å². The highest BCUT2D eigenvalue weighted by molar-refractivity contribution is 7.13. The summed E-state index contributed by atoms with van der Waals surface area (Å²) in [4.78, 5) is 34.8. The number of ether oxygens (including phenoxy) is 2. The maximum atomic E-state index is 12.8. The van der Waals surface area contributed by atoms with E-state index in [0.717, 1.165) is 27.4 Å². The van der Waals surface area contributed by atoms with Gasteiger partial charge in [0.2, 0.25) is 0 Å². The molecule has 0 aliphatic carbocycles. The predicted octanol–water partition coefficient (Wildman–Crippen LogP) is 5.58. The van der Waals surface area contributed by atoms with Crippen molar-refractivity contribution in [2.45, 2.75) is 26.7 Å². The highest BCUT2D eigenvalue weighted by Crippen LogP contribution is 2.41. The lowest BCUT2D eigenvalue weighted by Crippen LogP contribution is -2.36. The third-order valence-electron chi connectivity index (χ3n) is 6.03. The Morgan fingerprint density at radius 3 is 2.35 bits per heavy atom. The first kappa shape index (κ1) is 23.6. The number of rotatable bonds is 5. The Bertz CT molecular complexity index is 1300. The third kappa shape index (κ3) is 4.43. The van der Waals surface area contributed by atoms with Gasteiger partial charge in [0.05, 0.1) is 25.5 Å². The number of thiazole rings is 1. The average Bonchev–Trinajstić information content (AvgIpc) is 3.33. The zero-order chi connectivity index (χ0) is 24.4. The topological polar surface area (TPSA) is 77.8 Å². The number of allylic oxidation sites excluding steroid dienone is 1. The van der Waals surface area contributed by atoms with E-state index in [1.807, 2.05) is 29.6 Å². The van der Waals surface area contributed by atoms with Crippen molar-refractivity contribution in [1.82, 2.24) is 4.98 Å². The number of aliphatic imine (C=N–C) groups is 1.